The van der Waals surface area contributed by atoms with Crippen LogP contribution in [0.5, 0.6) is 0 Å². The van der Waals surface area contributed by atoms with Gasteiger partial charge in [-0.2, -0.15) is 0 Å². The van der Waals surface area contributed by atoms with Crippen molar-refractivity contribution in [1.82, 2.24) is 10.2 Å². The Balaban J connectivity index is 3.04. The van der Waals surface area contributed by atoms with Crippen molar-refractivity contribution in [3.63, 3.8) is 0 Å². The van der Waals surface area contributed by atoms with Crippen LogP contribution in [0.4, 0.5) is 11.4 Å². The lowest BCUT2D eigenvalue weighted by atomic mass is 10.1. The van der Waals surface area contributed by atoms with E-state index in [-0.39, 0.29) is 11.5 Å². The molecule has 0 aliphatic carbocycles. The second-order valence-corrected chi connectivity index (χ2v) is 4.96. The number of nitrogens with zero attached hydrogens (tertiary/aromatic N) is 3. The third kappa shape index (κ3) is 4.48. The van der Waals surface area contributed by atoms with E-state index in [1.165, 1.54) is 11.8 Å². The van der Waals surface area contributed by atoms with E-state index >= 15 is 0 Å². The maximum Gasteiger partial charge on any atom is 0.277 e. The molecule has 0 fully saturated rings. The molecule has 24 heavy (non-hydrogen) atoms. The van der Waals surface area contributed by atoms with Gasteiger partial charge in [-0.15, -0.1) is 0 Å². The molecule has 0 spiro atoms. The summed E-state index contributed by atoms with van der Waals surface area (Å²) in [4.78, 5) is 45.8. The number of nitro benzene ring substituents is 2. The fraction of sp³-hybridized carbons (Fsp3) is 0.429. The van der Waals surface area contributed by atoms with Crippen molar-refractivity contribution in [2.45, 2.75) is 26.8 Å². The zero-order valence-electron chi connectivity index (χ0n) is 13.5. The van der Waals surface area contributed by atoms with E-state index in [4.69, 9.17) is 0 Å². The van der Waals surface area contributed by atoms with Gasteiger partial charge in [-0.05, 0) is 20.8 Å². The summed E-state index contributed by atoms with van der Waals surface area (Å²) in [6.07, 6.45) is 0. The van der Waals surface area contributed by atoms with E-state index in [1.54, 1.807) is 13.8 Å². The number of non-ortho nitro benzene ring substituents is 2. The minimum atomic E-state index is -0.865. The topological polar surface area (TPSA) is 136 Å². The molecule has 130 valence electrons. The monoisotopic (exact) mass is 338 g/mol. The number of likely N-dealkylation sites (N-methyl/N-ethyl adjacent to an activating group) is 1. The summed E-state index contributed by atoms with van der Waals surface area (Å²) in [6.45, 7) is 6.00. The first kappa shape index (κ1) is 19.0. The molecule has 0 bridgehead atoms. The highest BCUT2D eigenvalue weighted by Gasteiger charge is 2.24. The molecule has 1 N–H and O–H groups in total. The zero-order valence-corrected chi connectivity index (χ0v) is 13.5. The molecule has 1 atom stereocenters. The third-order valence-electron chi connectivity index (χ3n) is 3.38. The van der Waals surface area contributed by atoms with Crippen molar-refractivity contribution in [3.8, 4) is 0 Å². The van der Waals surface area contributed by atoms with Crippen LogP contribution in [0.3, 0.4) is 0 Å². The van der Waals surface area contributed by atoms with Crippen molar-refractivity contribution < 1.29 is 19.4 Å². The smallest absolute Gasteiger partial charge is 0.277 e. The number of hydrogen-bond donors (Lipinski definition) is 1. The lowest BCUT2D eigenvalue weighted by molar-refractivity contribution is -0.394. The minimum Gasteiger partial charge on any atom is -0.341 e. The van der Waals surface area contributed by atoms with Gasteiger partial charge in [0.25, 0.3) is 17.3 Å². The summed E-state index contributed by atoms with van der Waals surface area (Å²) in [6, 6.07) is 1.76. The first-order chi connectivity index (χ1) is 11.2. The van der Waals surface area contributed by atoms with Crippen LogP contribution in [0.1, 0.15) is 31.1 Å². The second kappa shape index (κ2) is 7.99. The van der Waals surface area contributed by atoms with Crippen molar-refractivity contribution in [3.05, 3.63) is 44.0 Å². The van der Waals surface area contributed by atoms with Gasteiger partial charge in [0, 0.05) is 25.2 Å². The van der Waals surface area contributed by atoms with E-state index < -0.39 is 33.2 Å². The largest absolute Gasteiger partial charge is 0.341 e. The first-order valence-corrected chi connectivity index (χ1v) is 7.24. The maximum absolute atomic E-state index is 12.2. The molecule has 1 aromatic rings. The molecule has 0 aliphatic rings. The molecule has 10 nitrogen and oxygen atoms in total. The fourth-order valence-corrected chi connectivity index (χ4v) is 2.09. The lowest BCUT2D eigenvalue weighted by Crippen LogP contribution is -2.46. The van der Waals surface area contributed by atoms with Gasteiger partial charge < -0.3 is 10.2 Å². The second-order valence-electron chi connectivity index (χ2n) is 4.96. The Hall–Kier alpha value is -3.04. The van der Waals surface area contributed by atoms with Crippen LogP contribution in [0.25, 0.3) is 0 Å². The molecule has 1 rings (SSSR count). The summed E-state index contributed by atoms with van der Waals surface area (Å²) in [5, 5.41) is 24.1. The van der Waals surface area contributed by atoms with Crippen molar-refractivity contribution in [2.24, 2.45) is 0 Å². The van der Waals surface area contributed by atoms with Crippen LogP contribution in [-0.2, 0) is 4.79 Å². The third-order valence-corrected chi connectivity index (χ3v) is 3.38. The SMILES string of the molecule is CCN(CC)C(=O)[C@@H](C)NC(=O)c1cc([N+](=O)[O-])cc([N+](=O)[O-])c1. The number of nitro groups is 2. The predicted molar refractivity (Wildman–Crippen MR) is 84.6 cm³/mol. The highest BCUT2D eigenvalue weighted by atomic mass is 16.6. The predicted octanol–water partition coefficient (Wildman–Crippen LogP) is 1.49. The molecule has 1 aromatic carbocycles. The Labute approximate surface area is 137 Å². The Kier molecular flexibility index (Phi) is 6.33. The van der Waals surface area contributed by atoms with Gasteiger partial charge in [0.15, 0.2) is 0 Å². The van der Waals surface area contributed by atoms with Crippen LogP contribution < -0.4 is 5.32 Å². The molecular weight excluding hydrogens is 320 g/mol. The standard InChI is InChI=1S/C14H18N4O6/c1-4-16(5-2)14(20)9(3)15-13(19)10-6-11(17(21)22)8-12(7-10)18(23)24/h6-9H,4-5H2,1-3H3,(H,15,19)/t9-/m1/s1. The zero-order chi connectivity index (χ0) is 18.4. The van der Waals surface area contributed by atoms with Crippen molar-refractivity contribution >= 4 is 23.2 Å². The molecule has 2 amide bonds. The Morgan fingerprint density at radius 1 is 1.08 bits per heavy atom. The minimum absolute atomic E-state index is 0.255. The van der Waals surface area contributed by atoms with Crippen molar-refractivity contribution in [1.29, 1.82) is 0 Å². The number of carbonyl (C=O) groups excluding carboxylic acids is 2. The van der Waals surface area contributed by atoms with Crippen molar-refractivity contribution in [2.75, 3.05) is 13.1 Å². The Bertz CT molecular complexity index is 639. The number of benzene rings is 1. The molecule has 0 aliphatic heterocycles. The Morgan fingerprint density at radius 2 is 1.54 bits per heavy atom. The van der Waals surface area contributed by atoms with Crippen LogP contribution in [0.2, 0.25) is 0 Å². The van der Waals surface area contributed by atoms with Gasteiger partial charge in [-0.25, -0.2) is 0 Å². The maximum atomic E-state index is 12.2. The van der Waals surface area contributed by atoms with Gasteiger partial charge in [0.1, 0.15) is 6.04 Å². The van der Waals surface area contributed by atoms with E-state index in [0.717, 1.165) is 18.2 Å². The quantitative estimate of drug-likeness (QED) is 0.591. The van der Waals surface area contributed by atoms with Gasteiger partial charge in [0.2, 0.25) is 5.91 Å². The Morgan fingerprint density at radius 3 is 1.92 bits per heavy atom. The molecule has 0 aromatic heterocycles. The first-order valence-electron chi connectivity index (χ1n) is 7.24. The van der Waals surface area contributed by atoms with Crippen LogP contribution in [0.15, 0.2) is 18.2 Å². The summed E-state index contributed by atoms with van der Waals surface area (Å²) in [5.74, 6) is -1.11. The number of hydrogen-bond acceptors (Lipinski definition) is 6. The summed E-state index contributed by atoms with van der Waals surface area (Å²) < 4.78 is 0. The normalized spacial score (nSPS) is 11.5. The van der Waals surface area contributed by atoms with Gasteiger partial charge >= 0.3 is 0 Å². The highest BCUT2D eigenvalue weighted by molar-refractivity contribution is 5.98. The van der Waals surface area contributed by atoms with Crippen LogP contribution in [-0.4, -0.2) is 45.7 Å². The van der Waals surface area contributed by atoms with E-state index in [0.29, 0.717) is 13.1 Å². The van der Waals surface area contributed by atoms with Crippen LogP contribution in [0, 0.1) is 20.2 Å². The molecule has 0 saturated heterocycles. The molecule has 0 unspecified atom stereocenters. The molecule has 10 heteroatoms. The van der Waals surface area contributed by atoms with Gasteiger partial charge in [-0.1, -0.05) is 0 Å². The number of carbonyl (C=O) groups is 2. The average Bonchev–Trinajstić information content (AvgIpc) is 2.55. The summed E-state index contributed by atoms with van der Waals surface area (Å²) in [7, 11) is 0. The fourth-order valence-electron chi connectivity index (χ4n) is 2.09. The van der Waals surface area contributed by atoms with E-state index in [2.05, 4.69) is 5.32 Å². The average molecular weight is 338 g/mol. The number of nitrogens with one attached hydrogen (secondary N) is 1. The molecule has 0 saturated carbocycles. The highest BCUT2D eigenvalue weighted by Crippen LogP contribution is 2.22. The van der Waals surface area contributed by atoms with E-state index in [9.17, 15) is 29.8 Å². The van der Waals surface area contributed by atoms with Gasteiger partial charge in [0.05, 0.1) is 21.5 Å². The molecule has 0 radical (unpaired) electrons. The number of rotatable bonds is 7. The van der Waals surface area contributed by atoms with E-state index in [1.807, 2.05) is 0 Å². The summed E-state index contributed by atoms with van der Waals surface area (Å²) >= 11 is 0. The van der Waals surface area contributed by atoms with Crippen LogP contribution >= 0.6 is 0 Å². The van der Waals surface area contributed by atoms with Gasteiger partial charge in [-0.3, -0.25) is 29.8 Å². The summed E-state index contributed by atoms with van der Waals surface area (Å²) in [5.41, 5.74) is -1.40. The molecular formula is C14H18N4O6. The number of amides is 2. The lowest BCUT2D eigenvalue weighted by Gasteiger charge is -2.23. The molecule has 0 heterocycles.